The summed E-state index contributed by atoms with van der Waals surface area (Å²) in [5, 5.41) is 0. The van der Waals surface area contributed by atoms with Crippen LogP contribution in [0.5, 0.6) is 5.75 Å². The third-order valence-corrected chi connectivity index (χ3v) is 4.38. The van der Waals surface area contributed by atoms with E-state index in [9.17, 15) is 21.6 Å². The van der Waals surface area contributed by atoms with Crippen LogP contribution in [0, 0.1) is 0 Å². The SMILES string of the molecule is CCc1ccc(NS(=O)(=O)c2ccc(OC(F)(F)F)cc2)cc1. The summed E-state index contributed by atoms with van der Waals surface area (Å²) < 4.78 is 66.6. The van der Waals surface area contributed by atoms with Crippen LogP contribution in [-0.4, -0.2) is 14.8 Å². The van der Waals surface area contributed by atoms with Crippen LogP contribution in [0.25, 0.3) is 0 Å². The molecule has 0 fully saturated rings. The summed E-state index contributed by atoms with van der Waals surface area (Å²) in [6, 6.07) is 10.8. The van der Waals surface area contributed by atoms with E-state index in [0.29, 0.717) is 5.69 Å². The average Bonchev–Trinajstić information content (AvgIpc) is 2.46. The van der Waals surface area contributed by atoms with E-state index in [1.165, 1.54) is 0 Å². The van der Waals surface area contributed by atoms with Gasteiger partial charge in [-0.05, 0) is 48.4 Å². The minimum atomic E-state index is -4.82. The Kier molecular flexibility index (Phi) is 4.84. The summed E-state index contributed by atoms with van der Waals surface area (Å²) >= 11 is 0. The van der Waals surface area contributed by atoms with Crippen molar-refractivity contribution >= 4 is 15.7 Å². The largest absolute Gasteiger partial charge is 0.573 e. The average molecular weight is 345 g/mol. The van der Waals surface area contributed by atoms with Crippen LogP contribution in [0.4, 0.5) is 18.9 Å². The predicted molar refractivity (Wildman–Crippen MR) is 79.8 cm³/mol. The molecule has 8 heteroatoms. The topological polar surface area (TPSA) is 55.4 Å². The molecular weight excluding hydrogens is 331 g/mol. The summed E-state index contributed by atoms with van der Waals surface area (Å²) in [7, 11) is -3.88. The highest BCUT2D eigenvalue weighted by atomic mass is 32.2. The van der Waals surface area contributed by atoms with Crippen molar-refractivity contribution in [1.82, 2.24) is 0 Å². The van der Waals surface area contributed by atoms with Crippen LogP contribution in [0.2, 0.25) is 0 Å². The Hall–Kier alpha value is -2.22. The Balaban J connectivity index is 2.15. The summed E-state index contributed by atoms with van der Waals surface area (Å²) in [6.45, 7) is 1.98. The maximum Gasteiger partial charge on any atom is 0.573 e. The molecule has 0 unspecified atom stereocenters. The minimum absolute atomic E-state index is 0.161. The first-order valence-corrected chi connectivity index (χ1v) is 8.15. The number of hydrogen-bond donors (Lipinski definition) is 1. The van der Waals surface area contributed by atoms with Crippen LogP contribution in [0.3, 0.4) is 0 Å². The van der Waals surface area contributed by atoms with Crippen LogP contribution >= 0.6 is 0 Å². The van der Waals surface area contributed by atoms with Crippen LogP contribution in [0.15, 0.2) is 53.4 Å². The molecule has 0 aliphatic heterocycles. The fraction of sp³-hybridized carbons (Fsp3) is 0.200. The van der Waals surface area contributed by atoms with E-state index in [4.69, 9.17) is 0 Å². The molecule has 0 heterocycles. The first-order chi connectivity index (χ1) is 10.7. The second-order valence-electron chi connectivity index (χ2n) is 4.68. The molecule has 0 spiro atoms. The van der Waals surface area contributed by atoms with Crippen molar-refractivity contribution in [2.45, 2.75) is 24.6 Å². The van der Waals surface area contributed by atoms with Crippen molar-refractivity contribution in [3.8, 4) is 5.75 Å². The molecule has 0 atom stereocenters. The number of alkyl halides is 3. The number of rotatable bonds is 5. The maximum absolute atomic E-state index is 12.2. The zero-order chi connectivity index (χ0) is 17.1. The van der Waals surface area contributed by atoms with Gasteiger partial charge >= 0.3 is 6.36 Å². The number of hydrogen-bond acceptors (Lipinski definition) is 3. The van der Waals surface area contributed by atoms with E-state index >= 15 is 0 Å². The first-order valence-electron chi connectivity index (χ1n) is 6.67. The van der Waals surface area contributed by atoms with Gasteiger partial charge < -0.3 is 4.74 Å². The summed E-state index contributed by atoms with van der Waals surface area (Å²) in [6.07, 6.45) is -3.99. The molecule has 124 valence electrons. The van der Waals surface area contributed by atoms with Gasteiger partial charge in [-0.2, -0.15) is 0 Å². The van der Waals surface area contributed by atoms with Crippen molar-refractivity contribution in [2.24, 2.45) is 0 Å². The number of halogens is 3. The monoisotopic (exact) mass is 345 g/mol. The molecule has 0 saturated heterocycles. The molecule has 0 aliphatic rings. The highest BCUT2D eigenvalue weighted by Crippen LogP contribution is 2.24. The van der Waals surface area contributed by atoms with Crippen molar-refractivity contribution in [3.05, 3.63) is 54.1 Å². The zero-order valence-electron chi connectivity index (χ0n) is 12.1. The molecule has 23 heavy (non-hydrogen) atoms. The summed E-state index contributed by atoms with van der Waals surface area (Å²) in [5.41, 5.74) is 1.43. The quantitative estimate of drug-likeness (QED) is 0.893. The molecule has 0 bridgehead atoms. The van der Waals surface area contributed by atoms with Gasteiger partial charge in [0.25, 0.3) is 10.0 Å². The molecule has 0 aliphatic carbocycles. The smallest absolute Gasteiger partial charge is 0.406 e. The second kappa shape index (κ2) is 6.49. The van der Waals surface area contributed by atoms with Gasteiger partial charge in [0.1, 0.15) is 5.75 Å². The van der Waals surface area contributed by atoms with E-state index in [1.54, 1.807) is 24.3 Å². The number of benzene rings is 2. The van der Waals surface area contributed by atoms with E-state index in [2.05, 4.69) is 9.46 Å². The Bertz CT molecular complexity index is 754. The Morgan fingerprint density at radius 3 is 2.04 bits per heavy atom. The van der Waals surface area contributed by atoms with Gasteiger partial charge in [0.2, 0.25) is 0 Å². The van der Waals surface area contributed by atoms with Crippen molar-refractivity contribution < 1.29 is 26.3 Å². The minimum Gasteiger partial charge on any atom is -0.406 e. The Labute approximate surface area is 132 Å². The third kappa shape index (κ3) is 4.88. The Morgan fingerprint density at radius 1 is 1.00 bits per heavy atom. The van der Waals surface area contributed by atoms with Gasteiger partial charge in [-0.1, -0.05) is 19.1 Å². The second-order valence-corrected chi connectivity index (χ2v) is 6.36. The molecule has 0 saturated carbocycles. The molecule has 4 nitrogen and oxygen atoms in total. The summed E-state index contributed by atoms with van der Waals surface area (Å²) in [5.74, 6) is -0.483. The van der Waals surface area contributed by atoms with Gasteiger partial charge in [-0.15, -0.1) is 13.2 Å². The molecule has 2 rings (SSSR count). The van der Waals surface area contributed by atoms with Crippen LogP contribution < -0.4 is 9.46 Å². The number of ether oxygens (including phenoxy) is 1. The van der Waals surface area contributed by atoms with E-state index in [1.807, 2.05) is 6.92 Å². The maximum atomic E-state index is 12.2. The van der Waals surface area contributed by atoms with Gasteiger partial charge in [0, 0.05) is 5.69 Å². The fourth-order valence-corrected chi connectivity index (χ4v) is 2.90. The molecule has 0 radical (unpaired) electrons. The van der Waals surface area contributed by atoms with E-state index in [0.717, 1.165) is 36.2 Å². The lowest BCUT2D eigenvalue weighted by Gasteiger charge is -2.11. The van der Waals surface area contributed by atoms with Crippen LogP contribution in [0.1, 0.15) is 12.5 Å². The first kappa shape index (κ1) is 17.1. The van der Waals surface area contributed by atoms with Crippen molar-refractivity contribution in [2.75, 3.05) is 4.72 Å². The fourth-order valence-electron chi connectivity index (χ4n) is 1.84. The van der Waals surface area contributed by atoms with Crippen LogP contribution in [-0.2, 0) is 16.4 Å². The third-order valence-electron chi connectivity index (χ3n) is 2.98. The van der Waals surface area contributed by atoms with Gasteiger partial charge in [0.05, 0.1) is 4.90 Å². The van der Waals surface area contributed by atoms with Gasteiger partial charge in [-0.3, -0.25) is 4.72 Å². The normalized spacial score (nSPS) is 12.0. The van der Waals surface area contributed by atoms with Gasteiger partial charge in [-0.25, -0.2) is 8.42 Å². The number of aryl methyl sites for hydroxylation is 1. The van der Waals surface area contributed by atoms with Crippen molar-refractivity contribution in [3.63, 3.8) is 0 Å². The number of anilines is 1. The zero-order valence-corrected chi connectivity index (χ0v) is 12.9. The van der Waals surface area contributed by atoms with E-state index in [-0.39, 0.29) is 4.90 Å². The van der Waals surface area contributed by atoms with Crippen molar-refractivity contribution in [1.29, 1.82) is 0 Å². The molecule has 2 aromatic rings. The lowest BCUT2D eigenvalue weighted by Crippen LogP contribution is -2.17. The number of nitrogens with one attached hydrogen (secondary N) is 1. The lowest BCUT2D eigenvalue weighted by molar-refractivity contribution is -0.274. The highest BCUT2D eigenvalue weighted by molar-refractivity contribution is 7.92. The van der Waals surface area contributed by atoms with E-state index < -0.39 is 22.1 Å². The molecular formula is C15H14F3NO3S. The lowest BCUT2D eigenvalue weighted by atomic mass is 10.2. The molecule has 2 aromatic carbocycles. The molecule has 1 N–H and O–H groups in total. The summed E-state index contributed by atoms with van der Waals surface area (Å²) in [4.78, 5) is -0.161. The van der Waals surface area contributed by atoms with Gasteiger partial charge in [0.15, 0.2) is 0 Å². The molecule has 0 aromatic heterocycles. The Morgan fingerprint density at radius 2 is 1.57 bits per heavy atom. The highest BCUT2D eigenvalue weighted by Gasteiger charge is 2.31. The standard InChI is InChI=1S/C15H14F3NO3S/c1-2-11-3-5-12(6-4-11)19-23(20,21)14-9-7-13(8-10-14)22-15(16,17)18/h3-10,19H,2H2,1H3. The molecule has 0 amide bonds. The predicted octanol–water partition coefficient (Wildman–Crippen LogP) is 3.95. The number of sulfonamides is 1.